The lowest BCUT2D eigenvalue weighted by molar-refractivity contribution is -0.152. The van der Waals surface area contributed by atoms with E-state index in [1.165, 1.54) is 12.1 Å². The van der Waals surface area contributed by atoms with Gasteiger partial charge in [0.2, 0.25) is 0 Å². The van der Waals surface area contributed by atoms with Crippen molar-refractivity contribution in [2.75, 3.05) is 19.8 Å². The normalized spacial score (nSPS) is 10.8. The van der Waals surface area contributed by atoms with E-state index in [-0.39, 0.29) is 12.4 Å². The summed E-state index contributed by atoms with van der Waals surface area (Å²) in [5.74, 6) is 0.552. The number of aromatic hydroxyl groups is 1. The number of benzene rings is 1. The summed E-state index contributed by atoms with van der Waals surface area (Å²) in [7, 11) is 0. The van der Waals surface area contributed by atoms with E-state index in [2.05, 4.69) is 0 Å². The second-order valence-corrected chi connectivity index (χ2v) is 3.73. The second-order valence-electron chi connectivity index (χ2n) is 3.30. The van der Waals surface area contributed by atoms with Crippen LogP contribution in [0.5, 0.6) is 11.5 Å². The SMILES string of the molecule is CCOC(COc1cc(O)cc(Cl)c1)OCC. The third kappa shape index (κ3) is 5.26. The molecule has 96 valence electrons. The summed E-state index contributed by atoms with van der Waals surface area (Å²) in [6.07, 6.45) is -0.411. The molecule has 17 heavy (non-hydrogen) atoms. The number of phenols is 1. The van der Waals surface area contributed by atoms with E-state index in [1.54, 1.807) is 6.07 Å². The maximum Gasteiger partial charge on any atom is 0.191 e. The molecule has 0 aliphatic rings. The van der Waals surface area contributed by atoms with Crippen LogP contribution >= 0.6 is 11.6 Å². The Labute approximate surface area is 106 Å². The maximum atomic E-state index is 9.34. The number of hydrogen-bond acceptors (Lipinski definition) is 4. The molecule has 1 aromatic rings. The van der Waals surface area contributed by atoms with Gasteiger partial charge in [-0.3, -0.25) is 0 Å². The molecule has 0 heterocycles. The van der Waals surface area contributed by atoms with E-state index in [4.69, 9.17) is 25.8 Å². The molecule has 0 saturated carbocycles. The van der Waals surface area contributed by atoms with Crippen molar-refractivity contribution in [2.45, 2.75) is 20.1 Å². The highest BCUT2D eigenvalue weighted by Gasteiger charge is 2.09. The van der Waals surface area contributed by atoms with Gasteiger partial charge in [-0.05, 0) is 26.0 Å². The zero-order chi connectivity index (χ0) is 12.7. The largest absolute Gasteiger partial charge is 0.508 e. The van der Waals surface area contributed by atoms with Gasteiger partial charge in [0.25, 0.3) is 0 Å². The Kier molecular flexibility index (Phi) is 6.11. The highest BCUT2D eigenvalue weighted by atomic mass is 35.5. The summed E-state index contributed by atoms with van der Waals surface area (Å²) < 4.78 is 16.1. The Morgan fingerprint density at radius 1 is 1.18 bits per heavy atom. The molecule has 4 nitrogen and oxygen atoms in total. The molecule has 0 saturated heterocycles. The molecule has 0 amide bonds. The first-order valence-corrected chi connectivity index (χ1v) is 5.89. The second kappa shape index (κ2) is 7.37. The van der Waals surface area contributed by atoms with E-state index in [0.29, 0.717) is 24.0 Å². The summed E-state index contributed by atoms with van der Waals surface area (Å²) in [6.45, 7) is 5.12. The van der Waals surface area contributed by atoms with Crippen LogP contribution in [0.4, 0.5) is 0 Å². The highest BCUT2D eigenvalue weighted by molar-refractivity contribution is 6.30. The number of halogens is 1. The van der Waals surface area contributed by atoms with Gasteiger partial charge in [-0.1, -0.05) is 11.6 Å². The number of phenolic OH excluding ortho intramolecular Hbond substituents is 1. The van der Waals surface area contributed by atoms with Crippen LogP contribution in [0, 0.1) is 0 Å². The lowest BCUT2D eigenvalue weighted by atomic mass is 10.3. The van der Waals surface area contributed by atoms with Crippen LogP contribution in [0.2, 0.25) is 5.02 Å². The van der Waals surface area contributed by atoms with E-state index in [1.807, 2.05) is 13.8 Å². The van der Waals surface area contributed by atoms with Gasteiger partial charge in [0.1, 0.15) is 18.1 Å². The zero-order valence-corrected chi connectivity index (χ0v) is 10.7. The maximum absolute atomic E-state index is 9.34. The Bertz CT molecular complexity index is 317. The highest BCUT2D eigenvalue weighted by Crippen LogP contribution is 2.25. The van der Waals surface area contributed by atoms with E-state index >= 15 is 0 Å². The molecule has 1 aromatic carbocycles. The number of rotatable bonds is 7. The van der Waals surface area contributed by atoms with Crippen LogP contribution in [-0.4, -0.2) is 31.2 Å². The third-order valence-corrected chi connectivity index (χ3v) is 2.17. The van der Waals surface area contributed by atoms with Crippen LogP contribution in [0.1, 0.15) is 13.8 Å². The lowest BCUT2D eigenvalue weighted by Crippen LogP contribution is -2.25. The van der Waals surface area contributed by atoms with Crippen LogP contribution in [0.25, 0.3) is 0 Å². The first-order valence-electron chi connectivity index (χ1n) is 5.51. The lowest BCUT2D eigenvalue weighted by Gasteiger charge is -2.17. The molecular formula is C12H17ClO4. The number of hydrogen-bond donors (Lipinski definition) is 1. The quantitative estimate of drug-likeness (QED) is 0.766. The molecule has 0 radical (unpaired) electrons. The fourth-order valence-corrected chi connectivity index (χ4v) is 1.53. The summed E-state index contributed by atoms with van der Waals surface area (Å²) in [5.41, 5.74) is 0. The topological polar surface area (TPSA) is 47.9 Å². The standard InChI is InChI=1S/C12H17ClO4/c1-3-15-12(16-4-2)8-17-11-6-9(13)5-10(14)7-11/h5-7,12,14H,3-4,8H2,1-2H3. The summed E-state index contributed by atoms with van der Waals surface area (Å²) in [4.78, 5) is 0. The monoisotopic (exact) mass is 260 g/mol. The van der Waals surface area contributed by atoms with Gasteiger partial charge in [0, 0.05) is 24.3 Å². The first-order chi connectivity index (χ1) is 8.15. The van der Waals surface area contributed by atoms with Crippen molar-refractivity contribution in [3.05, 3.63) is 23.2 Å². The average Bonchev–Trinajstić information content (AvgIpc) is 2.25. The fourth-order valence-electron chi connectivity index (χ4n) is 1.31. The smallest absolute Gasteiger partial charge is 0.191 e. The molecule has 1 N–H and O–H groups in total. The van der Waals surface area contributed by atoms with Gasteiger partial charge in [-0.2, -0.15) is 0 Å². The Morgan fingerprint density at radius 3 is 2.35 bits per heavy atom. The Morgan fingerprint density at radius 2 is 1.82 bits per heavy atom. The predicted molar refractivity (Wildman–Crippen MR) is 65.7 cm³/mol. The molecule has 0 aliphatic carbocycles. The van der Waals surface area contributed by atoms with E-state index < -0.39 is 6.29 Å². The first kappa shape index (κ1) is 14.1. The summed E-state index contributed by atoms with van der Waals surface area (Å²) >= 11 is 5.79. The van der Waals surface area contributed by atoms with Crippen molar-refractivity contribution in [3.8, 4) is 11.5 Å². The van der Waals surface area contributed by atoms with Crippen LogP contribution < -0.4 is 4.74 Å². The summed E-state index contributed by atoms with van der Waals surface area (Å²) in [6, 6.07) is 4.55. The van der Waals surface area contributed by atoms with Crippen LogP contribution in [0.3, 0.4) is 0 Å². The fraction of sp³-hybridized carbons (Fsp3) is 0.500. The number of ether oxygens (including phenoxy) is 3. The molecule has 0 atom stereocenters. The zero-order valence-electron chi connectivity index (χ0n) is 9.98. The predicted octanol–water partition coefficient (Wildman–Crippen LogP) is 2.82. The van der Waals surface area contributed by atoms with Gasteiger partial charge < -0.3 is 19.3 Å². The molecule has 5 heteroatoms. The van der Waals surface area contributed by atoms with Crippen molar-refractivity contribution in [1.82, 2.24) is 0 Å². The average molecular weight is 261 g/mol. The van der Waals surface area contributed by atoms with Gasteiger partial charge in [-0.25, -0.2) is 0 Å². The van der Waals surface area contributed by atoms with Crippen molar-refractivity contribution in [3.63, 3.8) is 0 Å². The molecule has 0 spiro atoms. The van der Waals surface area contributed by atoms with Gasteiger partial charge in [-0.15, -0.1) is 0 Å². The summed E-state index contributed by atoms with van der Waals surface area (Å²) in [5, 5.41) is 9.76. The van der Waals surface area contributed by atoms with Crippen molar-refractivity contribution in [2.24, 2.45) is 0 Å². The van der Waals surface area contributed by atoms with Crippen LogP contribution in [-0.2, 0) is 9.47 Å². The molecule has 0 bridgehead atoms. The third-order valence-electron chi connectivity index (χ3n) is 1.95. The van der Waals surface area contributed by atoms with Gasteiger partial charge in [0.05, 0.1) is 0 Å². The van der Waals surface area contributed by atoms with E-state index in [0.717, 1.165) is 0 Å². The minimum Gasteiger partial charge on any atom is -0.508 e. The van der Waals surface area contributed by atoms with E-state index in [9.17, 15) is 5.11 Å². The van der Waals surface area contributed by atoms with Crippen molar-refractivity contribution < 1.29 is 19.3 Å². The van der Waals surface area contributed by atoms with Gasteiger partial charge in [0.15, 0.2) is 6.29 Å². The van der Waals surface area contributed by atoms with Crippen molar-refractivity contribution in [1.29, 1.82) is 0 Å². The minimum atomic E-state index is -0.411. The Balaban J connectivity index is 2.52. The van der Waals surface area contributed by atoms with Crippen LogP contribution in [0.15, 0.2) is 18.2 Å². The molecule has 0 fully saturated rings. The Hall–Kier alpha value is -0.970. The van der Waals surface area contributed by atoms with Gasteiger partial charge >= 0.3 is 0 Å². The minimum absolute atomic E-state index is 0.0665. The molecule has 0 aromatic heterocycles. The molecular weight excluding hydrogens is 244 g/mol. The molecule has 1 rings (SSSR count). The van der Waals surface area contributed by atoms with Crippen molar-refractivity contribution >= 4 is 11.6 Å². The molecule has 0 aliphatic heterocycles. The molecule has 0 unspecified atom stereocenters.